The number of carbonyl (C=O) groups excluding carboxylic acids is 1. The summed E-state index contributed by atoms with van der Waals surface area (Å²) in [5.74, 6) is 1.39. The molecule has 1 amide bonds. The van der Waals surface area contributed by atoms with E-state index < -0.39 is 5.82 Å². The lowest BCUT2D eigenvalue weighted by atomic mass is 10.0. The SMILES string of the molecule is CCN(Cc1ccc(OC)c(F)c1)C(=O)CN1CCC[C@@H]1c1ccc2c(c1)OCCO2. The summed E-state index contributed by atoms with van der Waals surface area (Å²) in [7, 11) is 1.44. The molecule has 0 unspecified atom stereocenters. The average Bonchev–Trinajstić information content (AvgIpc) is 3.25. The van der Waals surface area contributed by atoms with Gasteiger partial charge in [0.2, 0.25) is 5.91 Å². The van der Waals surface area contributed by atoms with Crippen LogP contribution < -0.4 is 14.2 Å². The molecular weight excluding hydrogens is 399 g/mol. The molecule has 1 fully saturated rings. The van der Waals surface area contributed by atoms with Gasteiger partial charge in [-0.05, 0) is 61.7 Å². The van der Waals surface area contributed by atoms with E-state index in [1.165, 1.54) is 13.2 Å². The number of carbonyl (C=O) groups is 1. The number of rotatable bonds is 7. The minimum atomic E-state index is -0.415. The Balaban J connectivity index is 1.43. The summed E-state index contributed by atoms with van der Waals surface area (Å²) in [6.45, 7) is 5.22. The third kappa shape index (κ3) is 4.77. The predicted octanol–water partition coefficient (Wildman–Crippen LogP) is 3.79. The fourth-order valence-electron chi connectivity index (χ4n) is 4.34. The Morgan fingerprint density at radius 1 is 1.19 bits per heavy atom. The fourth-order valence-corrected chi connectivity index (χ4v) is 4.34. The number of likely N-dealkylation sites (N-methyl/N-ethyl adjacent to an activating group) is 1. The first kappa shape index (κ1) is 21.4. The molecule has 0 aliphatic carbocycles. The molecule has 0 saturated carbocycles. The van der Waals surface area contributed by atoms with Gasteiger partial charge >= 0.3 is 0 Å². The zero-order chi connectivity index (χ0) is 21.8. The minimum absolute atomic E-state index is 0.0446. The van der Waals surface area contributed by atoms with E-state index in [-0.39, 0.29) is 17.7 Å². The third-order valence-corrected chi connectivity index (χ3v) is 5.98. The van der Waals surface area contributed by atoms with Gasteiger partial charge in [0.1, 0.15) is 13.2 Å². The number of halogens is 1. The van der Waals surface area contributed by atoms with Crippen LogP contribution in [0.1, 0.15) is 36.9 Å². The van der Waals surface area contributed by atoms with Gasteiger partial charge in [-0.2, -0.15) is 0 Å². The summed E-state index contributed by atoms with van der Waals surface area (Å²) in [6.07, 6.45) is 2.05. The van der Waals surface area contributed by atoms with Crippen molar-refractivity contribution in [3.63, 3.8) is 0 Å². The Bertz CT molecular complexity index is 936. The number of benzene rings is 2. The van der Waals surface area contributed by atoms with Gasteiger partial charge in [0.15, 0.2) is 23.1 Å². The van der Waals surface area contributed by atoms with Crippen molar-refractivity contribution in [3.8, 4) is 17.2 Å². The maximum atomic E-state index is 14.0. The second-order valence-electron chi connectivity index (χ2n) is 7.91. The maximum Gasteiger partial charge on any atom is 0.237 e. The highest BCUT2D eigenvalue weighted by atomic mass is 19.1. The molecule has 1 saturated heterocycles. The van der Waals surface area contributed by atoms with Crippen LogP contribution in [0.25, 0.3) is 0 Å². The summed E-state index contributed by atoms with van der Waals surface area (Å²) in [5, 5.41) is 0. The van der Waals surface area contributed by atoms with Gasteiger partial charge in [-0.25, -0.2) is 4.39 Å². The molecule has 2 aromatic rings. The number of fused-ring (bicyclic) bond motifs is 1. The van der Waals surface area contributed by atoms with E-state index in [2.05, 4.69) is 11.0 Å². The molecule has 7 heteroatoms. The lowest BCUT2D eigenvalue weighted by molar-refractivity contribution is -0.133. The van der Waals surface area contributed by atoms with E-state index in [9.17, 15) is 9.18 Å². The van der Waals surface area contributed by atoms with Gasteiger partial charge in [-0.15, -0.1) is 0 Å². The van der Waals surface area contributed by atoms with Gasteiger partial charge < -0.3 is 19.1 Å². The van der Waals surface area contributed by atoms with Gasteiger partial charge in [0, 0.05) is 19.1 Å². The predicted molar refractivity (Wildman–Crippen MR) is 115 cm³/mol. The van der Waals surface area contributed by atoms with Crippen LogP contribution in [0, 0.1) is 5.82 Å². The maximum absolute atomic E-state index is 14.0. The first-order valence-electron chi connectivity index (χ1n) is 10.8. The highest BCUT2D eigenvalue weighted by Gasteiger charge is 2.30. The fraction of sp³-hybridized carbons (Fsp3) is 0.458. The summed E-state index contributed by atoms with van der Waals surface area (Å²) < 4.78 is 30.4. The molecule has 2 aromatic carbocycles. The molecule has 4 rings (SSSR count). The molecule has 2 aliphatic heterocycles. The van der Waals surface area contributed by atoms with Crippen LogP contribution in [0.2, 0.25) is 0 Å². The van der Waals surface area contributed by atoms with Crippen LogP contribution in [-0.4, -0.2) is 55.7 Å². The van der Waals surface area contributed by atoms with E-state index >= 15 is 0 Å². The first-order valence-corrected chi connectivity index (χ1v) is 10.8. The van der Waals surface area contributed by atoms with Gasteiger partial charge in [-0.1, -0.05) is 12.1 Å². The third-order valence-electron chi connectivity index (χ3n) is 5.98. The van der Waals surface area contributed by atoms with Gasteiger partial charge in [0.05, 0.1) is 13.7 Å². The zero-order valence-electron chi connectivity index (χ0n) is 18.1. The molecule has 0 bridgehead atoms. The van der Waals surface area contributed by atoms with Crippen molar-refractivity contribution in [3.05, 3.63) is 53.3 Å². The Labute approximate surface area is 182 Å². The summed E-state index contributed by atoms with van der Waals surface area (Å²) >= 11 is 0. The highest BCUT2D eigenvalue weighted by Crippen LogP contribution is 2.38. The van der Waals surface area contributed by atoms with Crippen LogP contribution in [0.15, 0.2) is 36.4 Å². The Morgan fingerprint density at radius 2 is 2.00 bits per heavy atom. The molecule has 2 heterocycles. The molecule has 2 aliphatic rings. The van der Waals surface area contributed by atoms with Crippen molar-refractivity contribution >= 4 is 5.91 Å². The van der Waals surface area contributed by atoms with Gasteiger partial charge in [-0.3, -0.25) is 9.69 Å². The van der Waals surface area contributed by atoms with Crippen molar-refractivity contribution in [2.45, 2.75) is 32.4 Å². The Hall–Kier alpha value is -2.80. The van der Waals surface area contributed by atoms with E-state index in [0.717, 1.165) is 42.0 Å². The van der Waals surface area contributed by atoms with E-state index in [4.69, 9.17) is 14.2 Å². The molecule has 31 heavy (non-hydrogen) atoms. The van der Waals surface area contributed by atoms with E-state index in [1.54, 1.807) is 17.0 Å². The van der Waals surface area contributed by atoms with Crippen LogP contribution in [-0.2, 0) is 11.3 Å². The number of nitrogens with zero attached hydrogens (tertiary/aromatic N) is 2. The zero-order valence-corrected chi connectivity index (χ0v) is 18.1. The average molecular weight is 429 g/mol. The topological polar surface area (TPSA) is 51.2 Å². The standard InChI is InChI=1S/C24H29FN2O4/c1-3-26(15-17-6-8-21(29-2)19(25)13-17)24(28)16-27-10-4-5-20(27)18-7-9-22-23(14-18)31-12-11-30-22/h6-9,13-14,20H,3-5,10-12,15-16H2,1-2H3/t20-/m1/s1. The van der Waals surface area contributed by atoms with Crippen molar-refractivity contribution in [2.24, 2.45) is 0 Å². The van der Waals surface area contributed by atoms with Crippen LogP contribution in [0.3, 0.4) is 0 Å². The number of hydrogen-bond donors (Lipinski definition) is 0. The molecule has 1 atom stereocenters. The highest BCUT2D eigenvalue weighted by molar-refractivity contribution is 5.78. The largest absolute Gasteiger partial charge is 0.494 e. The number of methoxy groups -OCH3 is 1. The normalized spacial score (nSPS) is 18.1. The quantitative estimate of drug-likeness (QED) is 0.672. The number of hydrogen-bond acceptors (Lipinski definition) is 5. The van der Waals surface area contributed by atoms with Crippen molar-refractivity contribution in [1.82, 2.24) is 9.80 Å². The molecule has 0 N–H and O–H groups in total. The smallest absolute Gasteiger partial charge is 0.237 e. The van der Waals surface area contributed by atoms with Crippen LogP contribution >= 0.6 is 0 Å². The molecule has 0 radical (unpaired) electrons. The molecule has 6 nitrogen and oxygen atoms in total. The van der Waals surface area contributed by atoms with Crippen molar-refractivity contribution in [2.75, 3.05) is 40.0 Å². The lowest BCUT2D eigenvalue weighted by Crippen LogP contribution is -2.39. The van der Waals surface area contributed by atoms with Crippen LogP contribution in [0.5, 0.6) is 17.2 Å². The van der Waals surface area contributed by atoms with Crippen molar-refractivity contribution in [1.29, 1.82) is 0 Å². The van der Waals surface area contributed by atoms with Gasteiger partial charge in [0.25, 0.3) is 0 Å². The lowest BCUT2D eigenvalue weighted by Gasteiger charge is -2.29. The van der Waals surface area contributed by atoms with Crippen molar-refractivity contribution < 1.29 is 23.4 Å². The molecule has 0 aromatic heterocycles. The number of amides is 1. The van der Waals surface area contributed by atoms with E-state index in [0.29, 0.717) is 32.8 Å². The molecule has 0 spiro atoms. The summed E-state index contributed by atoms with van der Waals surface area (Å²) in [6, 6.07) is 11.1. The first-order chi connectivity index (χ1) is 15.1. The second kappa shape index (κ2) is 9.56. The monoisotopic (exact) mass is 428 g/mol. The number of likely N-dealkylation sites (tertiary alicyclic amines) is 1. The van der Waals surface area contributed by atoms with E-state index in [1.807, 2.05) is 19.1 Å². The molecule has 166 valence electrons. The second-order valence-corrected chi connectivity index (χ2v) is 7.91. The Kier molecular flexibility index (Phi) is 6.61. The summed E-state index contributed by atoms with van der Waals surface area (Å²) in [4.78, 5) is 17.1. The number of ether oxygens (including phenoxy) is 3. The Morgan fingerprint density at radius 3 is 2.74 bits per heavy atom. The van der Waals surface area contributed by atoms with Crippen LogP contribution in [0.4, 0.5) is 4.39 Å². The molecular formula is C24H29FN2O4. The minimum Gasteiger partial charge on any atom is -0.494 e. The summed E-state index contributed by atoms with van der Waals surface area (Å²) in [5.41, 5.74) is 1.90.